The minimum absolute atomic E-state index is 0.00985. The van der Waals surface area contributed by atoms with Gasteiger partial charge >= 0.3 is 0 Å². The van der Waals surface area contributed by atoms with Crippen molar-refractivity contribution in [2.45, 2.75) is 77.0 Å². The van der Waals surface area contributed by atoms with Crippen molar-refractivity contribution in [3.05, 3.63) is 47.5 Å². The lowest BCUT2D eigenvalue weighted by Gasteiger charge is -2.16. The molecule has 0 atom stereocenters. The molecule has 4 heteroatoms. The van der Waals surface area contributed by atoms with Crippen LogP contribution in [0.4, 0.5) is 0 Å². The smallest absolute Gasteiger partial charge is 0.127 e. The van der Waals surface area contributed by atoms with Crippen LogP contribution in [0.25, 0.3) is 11.1 Å². The van der Waals surface area contributed by atoms with Gasteiger partial charge < -0.3 is 20.4 Å². The second-order valence-corrected chi connectivity index (χ2v) is 8.39. The van der Waals surface area contributed by atoms with Crippen LogP contribution < -0.4 is 0 Å². The summed E-state index contributed by atoms with van der Waals surface area (Å²) < 4.78 is 0. The van der Waals surface area contributed by atoms with Crippen LogP contribution in [-0.4, -0.2) is 20.4 Å². The third-order valence-electron chi connectivity index (χ3n) is 5.91. The molecule has 2 aliphatic rings. The third-order valence-corrected chi connectivity index (χ3v) is 5.91. The first kappa shape index (κ1) is 22.1. The van der Waals surface area contributed by atoms with Crippen LogP contribution in [0.15, 0.2) is 36.4 Å². The minimum atomic E-state index is -0.129. The molecule has 0 fully saturated rings. The molecule has 4 N–H and O–H groups in total. The SMILES string of the molecule is Oc1cc(O)c2c(c1)CCCCCCCCC/C=C\CCCc1cc(O)c-2c(O)c1. The highest BCUT2D eigenvalue weighted by atomic mass is 16.3. The highest BCUT2D eigenvalue weighted by Gasteiger charge is 2.20. The molecule has 2 aliphatic carbocycles. The van der Waals surface area contributed by atoms with Gasteiger partial charge in [-0.1, -0.05) is 44.3 Å². The molecule has 0 radical (unpaired) electrons. The van der Waals surface area contributed by atoms with Crippen molar-refractivity contribution in [1.29, 1.82) is 0 Å². The molecule has 4 rings (SSSR count). The Bertz CT molecular complexity index is 847. The molecule has 0 saturated heterocycles. The Morgan fingerprint density at radius 2 is 1.07 bits per heavy atom. The summed E-state index contributed by atoms with van der Waals surface area (Å²) in [4.78, 5) is 0. The van der Waals surface area contributed by atoms with E-state index in [0.29, 0.717) is 12.0 Å². The van der Waals surface area contributed by atoms with Gasteiger partial charge in [0.1, 0.15) is 23.0 Å². The number of aryl methyl sites for hydroxylation is 2. The Balaban J connectivity index is 1.91. The molecule has 0 aliphatic heterocycles. The van der Waals surface area contributed by atoms with E-state index in [-0.39, 0.29) is 28.6 Å². The van der Waals surface area contributed by atoms with E-state index >= 15 is 0 Å². The fourth-order valence-electron chi connectivity index (χ4n) is 4.35. The molecule has 0 heterocycles. The maximum atomic E-state index is 10.7. The second-order valence-electron chi connectivity index (χ2n) is 8.39. The van der Waals surface area contributed by atoms with Gasteiger partial charge in [-0.2, -0.15) is 0 Å². The zero-order valence-corrected chi connectivity index (χ0v) is 17.7. The van der Waals surface area contributed by atoms with E-state index < -0.39 is 0 Å². The minimum Gasteiger partial charge on any atom is -0.508 e. The highest BCUT2D eigenvalue weighted by Crippen LogP contribution is 2.46. The number of rotatable bonds is 0. The van der Waals surface area contributed by atoms with Crippen molar-refractivity contribution in [3.63, 3.8) is 0 Å². The van der Waals surface area contributed by atoms with Crippen LogP contribution in [0.3, 0.4) is 0 Å². The van der Waals surface area contributed by atoms with E-state index in [9.17, 15) is 20.4 Å². The lowest BCUT2D eigenvalue weighted by molar-refractivity contribution is 0.441. The molecule has 0 aromatic heterocycles. The quantitative estimate of drug-likeness (QED) is 0.363. The van der Waals surface area contributed by atoms with Gasteiger partial charge in [-0.15, -0.1) is 0 Å². The average molecular weight is 411 g/mol. The third kappa shape index (κ3) is 5.94. The monoisotopic (exact) mass is 410 g/mol. The topological polar surface area (TPSA) is 80.9 Å². The molecule has 0 saturated carbocycles. The van der Waals surface area contributed by atoms with Gasteiger partial charge in [-0.05, 0) is 74.3 Å². The summed E-state index contributed by atoms with van der Waals surface area (Å²) in [5.74, 6) is -0.227. The van der Waals surface area contributed by atoms with Crippen molar-refractivity contribution < 1.29 is 20.4 Å². The van der Waals surface area contributed by atoms with Crippen LogP contribution >= 0.6 is 0 Å². The van der Waals surface area contributed by atoms with Crippen LogP contribution in [0.2, 0.25) is 0 Å². The van der Waals surface area contributed by atoms with Gasteiger partial charge in [-0.25, -0.2) is 0 Å². The lowest BCUT2D eigenvalue weighted by atomic mass is 9.91. The zero-order valence-electron chi connectivity index (χ0n) is 17.7. The standard InChI is InChI=1S/C26H34O4/c27-21-17-20-14-12-10-8-6-4-2-1-3-5-7-9-11-13-19-15-22(28)26(23(29)16-19)25(20)24(30)18-21/h5,7,15-18,27-30H,1-4,6,8-14H2/b7-5-. The Kier molecular flexibility index (Phi) is 8.06. The predicted molar refractivity (Wildman–Crippen MR) is 121 cm³/mol. The van der Waals surface area contributed by atoms with Crippen molar-refractivity contribution >= 4 is 0 Å². The Morgan fingerprint density at radius 1 is 0.500 bits per heavy atom. The van der Waals surface area contributed by atoms with E-state index in [1.54, 1.807) is 18.2 Å². The number of benzene rings is 2. The van der Waals surface area contributed by atoms with E-state index in [2.05, 4.69) is 12.2 Å². The fraction of sp³-hybridized carbons (Fsp3) is 0.462. The van der Waals surface area contributed by atoms with Gasteiger partial charge in [0.15, 0.2) is 0 Å². The molecule has 162 valence electrons. The molecule has 4 nitrogen and oxygen atoms in total. The summed E-state index contributed by atoms with van der Waals surface area (Å²) in [5, 5.41) is 41.9. The van der Waals surface area contributed by atoms with Crippen LogP contribution in [0.5, 0.6) is 23.0 Å². The summed E-state index contributed by atoms with van der Waals surface area (Å²) in [6.07, 6.45) is 17.2. The number of fused-ring (bicyclic) bond motifs is 14. The summed E-state index contributed by atoms with van der Waals surface area (Å²) in [6, 6.07) is 6.23. The van der Waals surface area contributed by atoms with Gasteiger partial charge in [0.2, 0.25) is 0 Å². The molecular weight excluding hydrogens is 376 g/mol. The van der Waals surface area contributed by atoms with Crippen molar-refractivity contribution in [1.82, 2.24) is 0 Å². The summed E-state index contributed by atoms with van der Waals surface area (Å²) >= 11 is 0. The average Bonchev–Trinajstić information content (AvgIpc) is 2.68. The van der Waals surface area contributed by atoms with Gasteiger partial charge in [0.05, 0.1) is 5.56 Å². The first-order chi connectivity index (χ1) is 14.6. The zero-order chi connectivity index (χ0) is 21.3. The Morgan fingerprint density at radius 3 is 1.77 bits per heavy atom. The van der Waals surface area contributed by atoms with Gasteiger partial charge in [0, 0.05) is 11.6 Å². The van der Waals surface area contributed by atoms with Crippen molar-refractivity contribution in [2.24, 2.45) is 0 Å². The Hall–Kier alpha value is -2.62. The maximum Gasteiger partial charge on any atom is 0.127 e. The number of aromatic hydroxyl groups is 4. The molecule has 2 aromatic carbocycles. The molecular formula is C26H34O4. The van der Waals surface area contributed by atoms with Crippen molar-refractivity contribution in [2.75, 3.05) is 0 Å². The summed E-state index contributed by atoms with van der Waals surface area (Å²) in [7, 11) is 0. The maximum absolute atomic E-state index is 10.7. The van der Waals surface area contributed by atoms with E-state index in [1.165, 1.54) is 38.2 Å². The first-order valence-corrected chi connectivity index (χ1v) is 11.3. The van der Waals surface area contributed by atoms with E-state index in [1.807, 2.05) is 0 Å². The lowest BCUT2D eigenvalue weighted by Crippen LogP contribution is -1.95. The number of phenols is 4. The van der Waals surface area contributed by atoms with Gasteiger partial charge in [0.25, 0.3) is 0 Å². The molecule has 0 unspecified atom stereocenters. The normalized spacial score (nSPS) is 17.9. The molecule has 30 heavy (non-hydrogen) atoms. The molecule has 0 amide bonds. The van der Waals surface area contributed by atoms with Crippen LogP contribution in [0, 0.1) is 0 Å². The Labute approximate surface area is 179 Å². The highest BCUT2D eigenvalue weighted by molar-refractivity contribution is 5.84. The summed E-state index contributed by atoms with van der Waals surface area (Å²) in [5.41, 5.74) is 2.26. The second kappa shape index (κ2) is 11.0. The summed E-state index contributed by atoms with van der Waals surface area (Å²) in [6.45, 7) is 0. The number of hydrogen-bond acceptors (Lipinski definition) is 4. The number of hydrogen-bond donors (Lipinski definition) is 4. The van der Waals surface area contributed by atoms with Crippen molar-refractivity contribution in [3.8, 4) is 34.1 Å². The van der Waals surface area contributed by atoms with E-state index in [0.717, 1.165) is 49.7 Å². The van der Waals surface area contributed by atoms with Crippen LogP contribution in [0.1, 0.15) is 75.3 Å². The first-order valence-electron chi connectivity index (χ1n) is 11.3. The largest absolute Gasteiger partial charge is 0.508 e. The number of phenolic OH excluding ortho intramolecular Hbond substituents is 4. The molecule has 2 aromatic rings. The number of allylic oxidation sites excluding steroid dienone is 2. The molecule has 0 spiro atoms. The van der Waals surface area contributed by atoms with Crippen LogP contribution in [-0.2, 0) is 12.8 Å². The molecule has 2 bridgehead atoms. The predicted octanol–water partition coefficient (Wildman–Crippen LogP) is 6.73. The van der Waals surface area contributed by atoms with E-state index in [4.69, 9.17) is 0 Å². The fourth-order valence-corrected chi connectivity index (χ4v) is 4.35. The van der Waals surface area contributed by atoms with Gasteiger partial charge in [-0.3, -0.25) is 0 Å².